The van der Waals surface area contributed by atoms with Gasteiger partial charge in [0, 0.05) is 12.3 Å². The number of furan rings is 1. The van der Waals surface area contributed by atoms with E-state index in [1.165, 1.54) is 6.26 Å². The zero-order valence-corrected chi connectivity index (χ0v) is 15.2. The van der Waals surface area contributed by atoms with Gasteiger partial charge in [-0.05, 0) is 40.9 Å². The van der Waals surface area contributed by atoms with Crippen LogP contribution in [0.15, 0.2) is 33.5 Å². The first-order valence-corrected chi connectivity index (χ1v) is 8.14. The topological polar surface area (TPSA) is 111 Å². The average molecular weight is 400 g/mol. The normalized spacial score (nSPS) is 10.5. The molecule has 0 aliphatic rings. The highest BCUT2D eigenvalue weighted by molar-refractivity contribution is 9.10. The van der Waals surface area contributed by atoms with Gasteiger partial charge in [-0.25, -0.2) is 4.98 Å². The molecule has 0 amide bonds. The highest BCUT2D eigenvalue weighted by Crippen LogP contribution is 2.31. The van der Waals surface area contributed by atoms with Crippen LogP contribution in [0.5, 0.6) is 5.88 Å². The Balaban J connectivity index is 1.96. The first-order chi connectivity index (χ1) is 12.0. The third kappa shape index (κ3) is 3.61. The molecule has 0 radical (unpaired) electrons. The number of pyridine rings is 1. The second kappa shape index (κ2) is 6.91. The SMILES string of the molecule is Cc1cnc(COc2nc(N)nc(-c3cc(Br)co3)c2C#N)c(C)c1. The van der Waals surface area contributed by atoms with Crippen LogP contribution in [-0.4, -0.2) is 15.0 Å². The fourth-order valence-electron chi connectivity index (χ4n) is 2.31. The average Bonchev–Trinajstić information content (AvgIpc) is 3.00. The van der Waals surface area contributed by atoms with Crippen molar-refractivity contribution < 1.29 is 9.15 Å². The maximum absolute atomic E-state index is 9.53. The Labute approximate surface area is 152 Å². The van der Waals surface area contributed by atoms with Crippen molar-refractivity contribution in [3.63, 3.8) is 0 Å². The van der Waals surface area contributed by atoms with Gasteiger partial charge in [0.05, 0.1) is 10.2 Å². The van der Waals surface area contributed by atoms with Crippen LogP contribution in [0.3, 0.4) is 0 Å². The summed E-state index contributed by atoms with van der Waals surface area (Å²) in [4.78, 5) is 12.5. The first-order valence-electron chi connectivity index (χ1n) is 7.35. The Kier molecular flexibility index (Phi) is 4.67. The van der Waals surface area contributed by atoms with E-state index in [4.69, 9.17) is 14.9 Å². The van der Waals surface area contributed by atoms with Crippen molar-refractivity contribution in [3.05, 3.63) is 51.4 Å². The Morgan fingerprint density at radius 3 is 2.76 bits per heavy atom. The minimum Gasteiger partial charge on any atom is -0.470 e. The molecule has 2 N–H and O–H groups in total. The minimum atomic E-state index is -0.00916. The number of nitrogens with two attached hydrogens (primary N) is 1. The number of nitrogens with zero attached hydrogens (tertiary/aromatic N) is 4. The maximum atomic E-state index is 9.53. The predicted octanol–water partition coefficient (Wildman–Crippen LogP) is 3.54. The number of aromatic nitrogens is 3. The smallest absolute Gasteiger partial charge is 0.237 e. The minimum absolute atomic E-state index is 0.00916. The van der Waals surface area contributed by atoms with Crippen molar-refractivity contribution in [2.45, 2.75) is 20.5 Å². The Bertz CT molecular complexity index is 978. The standard InChI is InChI=1S/C17H14BrN5O2/c1-9-3-10(2)13(21-6-9)8-25-16-12(5-19)15(22-17(20)23-16)14-4-11(18)7-24-14/h3-4,6-7H,8H2,1-2H3,(H2,20,22,23). The zero-order valence-electron chi connectivity index (χ0n) is 13.6. The molecule has 0 aromatic carbocycles. The lowest BCUT2D eigenvalue weighted by Crippen LogP contribution is -2.07. The van der Waals surface area contributed by atoms with Gasteiger partial charge in [-0.2, -0.15) is 10.2 Å². The molecule has 0 aliphatic heterocycles. The van der Waals surface area contributed by atoms with E-state index < -0.39 is 0 Å². The molecule has 126 valence electrons. The van der Waals surface area contributed by atoms with Crippen molar-refractivity contribution in [1.29, 1.82) is 5.26 Å². The molecule has 3 heterocycles. The molecule has 3 aromatic rings. The van der Waals surface area contributed by atoms with Crippen molar-refractivity contribution in [2.75, 3.05) is 5.73 Å². The Morgan fingerprint density at radius 2 is 2.12 bits per heavy atom. The van der Waals surface area contributed by atoms with Crippen molar-refractivity contribution in [1.82, 2.24) is 15.0 Å². The molecule has 0 spiro atoms. The second-order valence-electron chi connectivity index (χ2n) is 5.42. The van der Waals surface area contributed by atoms with E-state index in [0.29, 0.717) is 5.76 Å². The Morgan fingerprint density at radius 1 is 1.32 bits per heavy atom. The van der Waals surface area contributed by atoms with Crippen LogP contribution in [0.4, 0.5) is 5.95 Å². The summed E-state index contributed by atoms with van der Waals surface area (Å²) in [5, 5.41) is 9.53. The van der Waals surface area contributed by atoms with Gasteiger partial charge in [0.15, 0.2) is 5.76 Å². The third-order valence-corrected chi connectivity index (χ3v) is 3.89. The number of halogens is 1. The summed E-state index contributed by atoms with van der Waals surface area (Å²) in [6.45, 7) is 4.08. The molecular formula is C17H14BrN5O2. The van der Waals surface area contributed by atoms with Gasteiger partial charge in [0.25, 0.3) is 0 Å². The first kappa shape index (κ1) is 16.9. The summed E-state index contributed by atoms with van der Waals surface area (Å²) in [7, 11) is 0. The number of anilines is 1. The van der Waals surface area contributed by atoms with E-state index in [1.807, 2.05) is 19.9 Å². The van der Waals surface area contributed by atoms with Crippen LogP contribution in [0.25, 0.3) is 11.5 Å². The summed E-state index contributed by atoms with van der Waals surface area (Å²) in [5.74, 6) is 0.483. The molecule has 3 rings (SSSR count). The van der Waals surface area contributed by atoms with Crippen molar-refractivity contribution >= 4 is 21.9 Å². The summed E-state index contributed by atoms with van der Waals surface area (Å²) in [6, 6.07) is 5.76. The number of rotatable bonds is 4. The molecule has 8 heteroatoms. The van der Waals surface area contributed by atoms with Crippen molar-refractivity contribution in [3.8, 4) is 23.4 Å². The lowest BCUT2D eigenvalue weighted by molar-refractivity contribution is 0.287. The van der Waals surface area contributed by atoms with Gasteiger partial charge in [0.1, 0.15) is 30.2 Å². The summed E-state index contributed by atoms with van der Waals surface area (Å²) < 4.78 is 11.8. The molecule has 7 nitrogen and oxygen atoms in total. The maximum Gasteiger partial charge on any atom is 0.237 e. The fraction of sp³-hybridized carbons (Fsp3) is 0.176. The predicted molar refractivity (Wildman–Crippen MR) is 94.6 cm³/mol. The molecule has 0 saturated heterocycles. The highest BCUT2D eigenvalue weighted by Gasteiger charge is 2.19. The van der Waals surface area contributed by atoms with Crippen LogP contribution < -0.4 is 10.5 Å². The molecule has 0 bridgehead atoms. The number of ether oxygens (including phenoxy) is 1. The number of nitrogen functional groups attached to an aromatic ring is 1. The highest BCUT2D eigenvalue weighted by atomic mass is 79.9. The molecule has 0 saturated carbocycles. The second-order valence-corrected chi connectivity index (χ2v) is 6.33. The number of nitriles is 1. The number of hydrogen-bond donors (Lipinski definition) is 1. The van der Waals surface area contributed by atoms with Crippen LogP contribution >= 0.6 is 15.9 Å². The summed E-state index contributed by atoms with van der Waals surface area (Å²) in [6.07, 6.45) is 3.26. The number of aryl methyl sites for hydroxylation is 2. The monoisotopic (exact) mass is 399 g/mol. The van der Waals surface area contributed by atoms with Crippen LogP contribution in [-0.2, 0) is 6.61 Å². The van der Waals surface area contributed by atoms with Gasteiger partial charge < -0.3 is 14.9 Å². The summed E-state index contributed by atoms with van der Waals surface area (Å²) >= 11 is 3.30. The Hall–Kier alpha value is -2.92. The number of hydrogen-bond acceptors (Lipinski definition) is 7. The fourth-order valence-corrected chi connectivity index (χ4v) is 2.61. The van der Waals surface area contributed by atoms with Crippen molar-refractivity contribution in [2.24, 2.45) is 0 Å². The molecule has 0 fully saturated rings. The summed E-state index contributed by atoms with van der Waals surface area (Å²) in [5.41, 5.74) is 9.02. The van der Waals surface area contributed by atoms with E-state index >= 15 is 0 Å². The van der Waals surface area contributed by atoms with Gasteiger partial charge in [-0.3, -0.25) is 4.98 Å². The third-order valence-electron chi connectivity index (χ3n) is 3.47. The van der Waals surface area contributed by atoms with E-state index in [0.717, 1.165) is 21.3 Å². The zero-order chi connectivity index (χ0) is 18.0. The van der Waals surface area contributed by atoms with E-state index in [1.54, 1.807) is 12.3 Å². The van der Waals surface area contributed by atoms with Gasteiger partial charge in [0.2, 0.25) is 11.8 Å². The van der Waals surface area contributed by atoms with Gasteiger partial charge in [-0.1, -0.05) is 6.07 Å². The largest absolute Gasteiger partial charge is 0.470 e. The molecule has 0 unspecified atom stereocenters. The van der Waals surface area contributed by atoms with Crippen LogP contribution in [0.2, 0.25) is 0 Å². The lowest BCUT2D eigenvalue weighted by atomic mass is 10.2. The molecule has 0 atom stereocenters. The van der Waals surface area contributed by atoms with E-state index in [2.05, 4.69) is 37.0 Å². The van der Waals surface area contributed by atoms with Gasteiger partial charge >= 0.3 is 0 Å². The van der Waals surface area contributed by atoms with E-state index in [9.17, 15) is 5.26 Å². The molecular weight excluding hydrogens is 386 g/mol. The van der Waals surface area contributed by atoms with Gasteiger partial charge in [-0.15, -0.1) is 0 Å². The lowest BCUT2D eigenvalue weighted by Gasteiger charge is -2.11. The van der Waals surface area contributed by atoms with E-state index in [-0.39, 0.29) is 29.7 Å². The molecule has 0 aliphatic carbocycles. The van der Waals surface area contributed by atoms with Crippen LogP contribution in [0.1, 0.15) is 22.4 Å². The van der Waals surface area contributed by atoms with Crippen LogP contribution in [0, 0.1) is 25.2 Å². The quantitative estimate of drug-likeness (QED) is 0.713. The molecule has 25 heavy (non-hydrogen) atoms. The molecule has 3 aromatic heterocycles.